The van der Waals surface area contributed by atoms with Crippen LogP contribution in [-0.2, 0) is 10.5 Å². The summed E-state index contributed by atoms with van der Waals surface area (Å²) in [6.45, 7) is 11.4. The third kappa shape index (κ3) is 4.97. The molecular formula is C18H28O2Si2. The predicted molar refractivity (Wildman–Crippen MR) is 101 cm³/mol. The van der Waals surface area contributed by atoms with Gasteiger partial charge in [0.05, 0.1) is 0 Å². The van der Waals surface area contributed by atoms with Gasteiger partial charge in [0.1, 0.15) is 5.75 Å². The Kier molecular flexibility index (Phi) is 5.15. The Balaban J connectivity index is 2.01. The lowest BCUT2D eigenvalue weighted by Crippen LogP contribution is -2.42. The molecule has 0 saturated heterocycles. The molecule has 0 unspecified atom stereocenters. The lowest BCUT2D eigenvalue weighted by atomic mass is 10.0. The van der Waals surface area contributed by atoms with Gasteiger partial charge < -0.3 is 9.22 Å². The average Bonchev–Trinajstić information content (AvgIpc) is 2.36. The van der Waals surface area contributed by atoms with Crippen molar-refractivity contribution >= 4 is 27.4 Å². The van der Waals surface area contributed by atoms with Gasteiger partial charge in [-0.2, -0.15) is 0 Å². The van der Waals surface area contributed by atoms with Crippen molar-refractivity contribution in [3.63, 3.8) is 0 Å². The molecule has 0 heterocycles. The Morgan fingerprint density at radius 2 is 1.55 bits per heavy atom. The van der Waals surface area contributed by atoms with Gasteiger partial charge in [0, 0.05) is 0 Å². The summed E-state index contributed by atoms with van der Waals surface area (Å²) < 4.78 is 6.38. The summed E-state index contributed by atoms with van der Waals surface area (Å²) in [4.78, 5) is 0. The van der Waals surface area contributed by atoms with Crippen molar-refractivity contribution < 1.29 is 9.22 Å². The predicted octanol–water partition coefficient (Wildman–Crippen LogP) is 5.53. The maximum absolute atomic E-state index is 10.2. The van der Waals surface area contributed by atoms with Crippen LogP contribution in [0.3, 0.4) is 0 Å². The first kappa shape index (κ1) is 17.3. The summed E-state index contributed by atoms with van der Waals surface area (Å²) in [7, 11) is -3.04. The zero-order valence-electron chi connectivity index (χ0n) is 14.4. The maximum Gasteiger partial charge on any atom is 0.173 e. The molecule has 2 aromatic rings. The molecule has 0 aromatic heterocycles. The first-order valence-corrected chi connectivity index (χ1v) is 14.6. The molecule has 0 fully saturated rings. The molecule has 0 amide bonds. The number of hydrogen-bond donors (Lipinski definition) is 1. The highest BCUT2D eigenvalue weighted by Gasteiger charge is 2.28. The fourth-order valence-electron chi connectivity index (χ4n) is 3.06. The fourth-order valence-corrected chi connectivity index (χ4v) is 11.1. The first-order valence-electron chi connectivity index (χ1n) is 8.07. The molecule has 22 heavy (non-hydrogen) atoms. The monoisotopic (exact) mass is 332 g/mol. The number of hydrogen-bond acceptors (Lipinski definition) is 2. The van der Waals surface area contributed by atoms with E-state index in [1.165, 1.54) is 5.39 Å². The van der Waals surface area contributed by atoms with Gasteiger partial charge in [-0.15, -0.1) is 0 Å². The molecule has 120 valence electrons. The molecule has 1 N–H and O–H groups in total. The number of phenols is 1. The van der Waals surface area contributed by atoms with E-state index in [-0.39, 0.29) is 0 Å². The lowest BCUT2D eigenvalue weighted by Gasteiger charge is -2.31. The van der Waals surface area contributed by atoms with E-state index in [0.717, 1.165) is 29.8 Å². The van der Waals surface area contributed by atoms with Crippen LogP contribution >= 0.6 is 0 Å². The highest BCUT2D eigenvalue weighted by molar-refractivity contribution is 6.84. The van der Waals surface area contributed by atoms with Crippen LogP contribution in [0.4, 0.5) is 0 Å². The summed E-state index contributed by atoms with van der Waals surface area (Å²) in [5, 5.41) is 12.5. The number of aryl methyl sites for hydroxylation is 1. The normalized spacial score (nSPS) is 12.8. The standard InChI is InChI=1S/C18H28O2Si2/c1-21(2,3)20-22(4,5)12-8-11-17-13-15-9-6-7-10-16(15)14-18(17)19/h6-7,9-10,13-14,19H,8,11-12H2,1-5H3. The molecule has 2 nitrogen and oxygen atoms in total. The minimum atomic E-state index is -1.58. The van der Waals surface area contributed by atoms with Crippen LogP contribution in [0, 0.1) is 0 Å². The molecule has 4 heteroatoms. The smallest absolute Gasteiger partial charge is 0.173 e. The molecule has 0 atom stereocenters. The van der Waals surface area contributed by atoms with Gasteiger partial charge in [-0.1, -0.05) is 24.3 Å². The number of fused-ring (bicyclic) bond motifs is 1. The van der Waals surface area contributed by atoms with E-state index < -0.39 is 16.6 Å². The van der Waals surface area contributed by atoms with E-state index in [0.29, 0.717) is 5.75 Å². The summed E-state index contributed by atoms with van der Waals surface area (Å²) in [5.74, 6) is 0.421. The summed E-state index contributed by atoms with van der Waals surface area (Å²) in [5.41, 5.74) is 1.05. The summed E-state index contributed by atoms with van der Waals surface area (Å²) in [6.07, 6.45) is 2.00. The SMILES string of the molecule is C[Si](C)(C)O[Si](C)(C)CCCc1cc2ccccc2cc1O. The second kappa shape index (κ2) is 6.56. The van der Waals surface area contributed by atoms with Crippen molar-refractivity contribution in [3.05, 3.63) is 42.0 Å². The zero-order valence-corrected chi connectivity index (χ0v) is 16.4. The first-order chi connectivity index (χ1) is 10.2. The number of phenolic OH excluding ortho intramolecular Hbond substituents is 1. The van der Waals surface area contributed by atoms with Crippen molar-refractivity contribution in [2.24, 2.45) is 0 Å². The van der Waals surface area contributed by atoms with Crippen molar-refractivity contribution in [3.8, 4) is 5.75 Å². The number of benzene rings is 2. The van der Waals surface area contributed by atoms with E-state index in [9.17, 15) is 5.11 Å². The van der Waals surface area contributed by atoms with Crippen molar-refractivity contribution in [2.45, 2.75) is 51.6 Å². The second-order valence-electron chi connectivity index (χ2n) is 7.66. The summed E-state index contributed by atoms with van der Waals surface area (Å²) in [6, 6.07) is 13.3. The fraction of sp³-hybridized carbons (Fsp3) is 0.444. The molecule has 0 radical (unpaired) electrons. The molecule has 2 rings (SSSR count). The maximum atomic E-state index is 10.2. The van der Waals surface area contributed by atoms with Gasteiger partial charge in [-0.3, -0.25) is 0 Å². The summed E-state index contributed by atoms with van der Waals surface area (Å²) >= 11 is 0. The molecule has 0 bridgehead atoms. The van der Waals surface area contributed by atoms with Gasteiger partial charge in [0.25, 0.3) is 0 Å². The van der Waals surface area contributed by atoms with Crippen LogP contribution in [0.15, 0.2) is 36.4 Å². The molecule has 0 aliphatic carbocycles. The minimum absolute atomic E-state index is 0.421. The zero-order chi connectivity index (χ0) is 16.4. The van der Waals surface area contributed by atoms with E-state index in [2.05, 4.69) is 44.9 Å². The molecule has 0 aliphatic rings. The lowest BCUT2D eigenvalue weighted by molar-refractivity contribution is 0.468. The van der Waals surface area contributed by atoms with Gasteiger partial charge in [-0.25, -0.2) is 0 Å². The Hall–Kier alpha value is -1.11. The van der Waals surface area contributed by atoms with Gasteiger partial charge in [0.2, 0.25) is 0 Å². The van der Waals surface area contributed by atoms with Gasteiger partial charge >= 0.3 is 0 Å². The van der Waals surface area contributed by atoms with Crippen LogP contribution in [0.2, 0.25) is 38.8 Å². The third-order valence-electron chi connectivity index (χ3n) is 3.75. The molecular weight excluding hydrogens is 304 g/mol. The van der Waals surface area contributed by atoms with Crippen LogP contribution < -0.4 is 0 Å². The molecule has 0 spiro atoms. The Morgan fingerprint density at radius 1 is 0.955 bits per heavy atom. The quantitative estimate of drug-likeness (QED) is 0.704. The molecule has 2 aromatic carbocycles. The van der Waals surface area contributed by atoms with E-state index in [1.807, 2.05) is 24.3 Å². The topological polar surface area (TPSA) is 29.5 Å². The van der Waals surface area contributed by atoms with Crippen molar-refractivity contribution in [1.82, 2.24) is 0 Å². The van der Waals surface area contributed by atoms with Crippen LogP contribution in [0.25, 0.3) is 10.8 Å². The van der Waals surface area contributed by atoms with Gasteiger partial charge in [0.15, 0.2) is 16.6 Å². The molecule has 0 saturated carbocycles. The highest BCUT2D eigenvalue weighted by atomic mass is 28.4. The van der Waals surface area contributed by atoms with Crippen LogP contribution in [-0.4, -0.2) is 21.7 Å². The largest absolute Gasteiger partial charge is 0.508 e. The third-order valence-corrected chi connectivity index (χ3v) is 9.97. The minimum Gasteiger partial charge on any atom is -0.508 e. The van der Waals surface area contributed by atoms with Crippen LogP contribution in [0.5, 0.6) is 5.75 Å². The van der Waals surface area contributed by atoms with Crippen molar-refractivity contribution in [1.29, 1.82) is 0 Å². The van der Waals surface area contributed by atoms with E-state index in [4.69, 9.17) is 4.12 Å². The van der Waals surface area contributed by atoms with Crippen LogP contribution in [0.1, 0.15) is 12.0 Å². The highest BCUT2D eigenvalue weighted by Crippen LogP contribution is 2.28. The average molecular weight is 333 g/mol. The second-order valence-corrected chi connectivity index (χ2v) is 16.7. The molecule has 0 aliphatic heterocycles. The number of rotatable bonds is 6. The van der Waals surface area contributed by atoms with Gasteiger partial charge in [-0.05, 0) is 80.1 Å². The Bertz CT molecular complexity index is 645. The van der Waals surface area contributed by atoms with Crippen molar-refractivity contribution in [2.75, 3.05) is 0 Å². The Morgan fingerprint density at radius 3 is 2.14 bits per heavy atom. The number of aromatic hydroxyl groups is 1. The van der Waals surface area contributed by atoms with E-state index >= 15 is 0 Å². The Labute approximate surface area is 136 Å². The van der Waals surface area contributed by atoms with E-state index in [1.54, 1.807) is 0 Å².